The van der Waals surface area contributed by atoms with Crippen LogP contribution in [0, 0.1) is 5.92 Å². The molecule has 0 aliphatic heterocycles. The predicted octanol–water partition coefficient (Wildman–Crippen LogP) is 2.09. The molecule has 0 atom stereocenters. The highest BCUT2D eigenvalue weighted by Crippen LogP contribution is 2.06. The van der Waals surface area contributed by atoms with Gasteiger partial charge in [-0.2, -0.15) is 0 Å². The fourth-order valence-corrected chi connectivity index (χ4v) is 1.36. The Labute approximate surface area is 91.1 Å². The minimum atomic E-state index is 0.189. The lowest BCUT2D eigenvalue weighted by Crippen LogP contribution is -2.27. The fourth-order valence-electron chi connectivity index (χ4n) is 1.36. The van der Waals surface area contributed by atoms with Crippen molar-refractivity contribution in [2.24, 2.45) is 5.92 Å². The van der Waals surface area contributed by atoms with E-state index < -0.39 is 0 Å². The van der Waals surface area contributed by atoms with Gasteiger partial charge in [0.2, 0.25) is 5.91 Å². The Bertz CT molecular complexity index is 309. The molecular weight excluding hydrogens is 188 g/mol. The summed E-state index contributed by atoms with van der Waals surface area (Å²) >= 11 is 0. The van der Waals surface area contributed by atoms with Crippen LogP contribution in [-0.2, 0) is 11.3 Å². The van der Waals surface area contributed by atoms with Gasteiger partial charge < -0.3 is 4.90 Å². The standard InChI is InChI=1S/C12H18N2O/c1-10(2)7-12(15)14(3)9-11-5-4-6-13-8-11/h4-6,8,10H,7,9H2,1-3H3. The van der Waals surface area contributed by atoms with E-state index >= 15 is 0 Å². The summed E-state index contributed by atoms with van der Waals surface area (Å²) in [6.07, 6.45) is 4.13. The summed E-state index contributed by atoms with van der Waals surface area (Å²) in [6.45, 7) is 4.74. The second-order valence-electron chi connectivity index (χ2n) is 4.21. The van der Waals surface area contributed by atoms with Crippen LogP contribution in [0.25, 0.3) is 0 Å². The van der Waals surface area contributed by atoms with Gasteiger partial charge >= 0.3 is 0 Å². The number of hydrogen-bond donors (Lipinski definition) is 0. The highest BCUT2D eigenvalue weighted by atomic mass is 16.2. The third kappa shape index (κ3) is 4.11. The van der Waals surface area contributed by atoms with Crippen LogP contribution >= 0.6 is 0 Å². The van der Waals surface area contributed by atoms with E-state index in [-0.39, 0.29) is 5.91 Å². The molecule has 0 aliphatic carbocycles. The van der Waals surface area contributed by atoms with Crippen molar-refractivity contribution in [1.29, 1.82) is 0 Å². The van der Waals surface area contributed by atoms with Gasteiger partial charge in [0, 0.05) is 32.4 Å². The van der Waals surface area contributed by atoms with E-state index in [1.807, 2.05) is 19.2 Å². The molecule has 3 heteroatoms. The molecule has 0 N–H and O–H groups in total. The maximum absolute atomic E-state index is 11.7. The average Bonchev–Trinajstić information content (AvgIpc) is 2.18. The van der Waals surface area contributed by atoms with Gasteiger partial charge in [-0.15, -0.1) is 0 Å². The molecule has 0 spiro atoms. The van der Waals surface area contributed by atoms with Gasteiger partial charge in [0.25, 0.3) is 0 Å². The molecule has 0 aliphatic rings. The van der Waals surface area contributed by atoms with Crippen molar-refractivity contribution < 1.29 is 4.79 Å². The topological polar surface area (TPSA) is 33.2 Å². The maximum Gasteiger partial charge on any atom is 0.222 e. The van der Waals surface area contributed by atoms with Crippen LogP contribution in [0.2, 0.25) is 0 Å². The van der Waals surface area contributed by atoms with Crippen LogP contribution in [-0.4, -0.2) is 22.8 Å². The second kappa shape index (κ2) is 5.49. The van der Waals surface area contributed by atoms with Crippen LogP contribution in [0.4, 0.5) is 0 Å². The van der Waals surface area contributed by atoms with Crippen LogP contribution in [0.15, 0.2) is 24.5 Å². The number of rotatable bonds is 4. The number of hydrogen-bond acceptors (Lipinski definition) is 2. The number of amides is 1. The predicted molar refractivity (Wildman–Crippen MR) is 60.2 cm³/mol. The fraction of sp³-hybridized carbons (Fsp3) is 0.500. The quantitative estimate of drug-likeness (QED) is 0.755. The molecule has 0 saturated heterocycles. The van der Waals surface area contributed by atoms with Crippen LogP contribution in [0.1, 0.15) is 25.8 Å². The van der Waals surface area contributed by atoms with E-state index in [1.165, 1.54) is 0 Å². The Balaban J connectivity index is 2.49. The SMILES string of the molecule is CC(C)CC(=O)N(C)Cc1cccnc1. The summed E-state index contributed by atoms with van der Waals surface area (Å²) < 4.78 is 0. The Morgan fingerprint density at radius 3 is 2.80 bits per heavy atom. The second-order valence-corrected chi connectivity index (χ2v) is 4.21. The number of carbonyl (C=O) groups is 1. The van der Waals surface area contributed by atoms with Gasteiger partial charge in [0.15, 0.2) is 0 Å². The van der Waals surface area contributed by atoms with E-state index in [0.29, 0.717) is 18.9 Å². The lowest BCUT2D eigenvalue weighted by Gasteiger charge is -2.18. The normalized spacial score (nSPS) is 10.4. The minimum Gasteiger partial charge on any atom is -0.341 e. The maximum atomic E-state index is 11.7. The zero-order chi connectivity index (χ0) is 11.3. The van der Waals surface area contributed by atoms with E-state index in [9.17, 15) is 4.79 Å². The lowest BCUT2D eigenvalue weighted by atomic mass is 10.1. The summed E-state index contributed by atoms with van der Waals surface area (Å²) in [7, 11) is 1.83. The Kier molecular flexibility index (Phi) is 4.28. The van der Waals surface area contributed by atoms with Crippen LogP contribution in [0.3, 0.4) is 0 Å². The van der Waals surface area contributed by atoms with Crippen molar-refractivity contribution in [3.63, 3.8) is 0 Å². The molecule has 15 heavy (non-hydrogen) atoms. The Morgan fingerprint density at radius 2 is 2.27 bits per heavy atom. The van der Waals surface area contributed by atoms with Crippen molar-refractivity contribution >= 4 is 5.91 Å². The first-order valence-corrected chi connectivity index (χ1v) is 5.22. The molecule has 3 nitrogen and oxygen atoms in total. The lowest BCUT2D eigenvalue weighted by molar-refractivity contribution is -0.131. The number of carbonyl (C=O) groups excluding carboxylic acids is 1. The molecule has 1 aromatic heterocycles. The molecule has 1 amide bonds. The molecular formula is C12H18N2O. The summed E-state index contributed by atoms with van der Waals surface area (Å²) in [5, 5.41) is 0. The van der Waals surface area contributed by atoms with Gasteiger partial charge in [-0.3, -0.25) is 9.78 Å². The third-order valence-corrected chi connectivity index (χ3v) is 2.15. The number of nitrogens with zero attached hydrogens (tertiary/aromatic N) is 2. The highest BCUT2D eigenvalue weighted by Gasteiger charge is 2.10. The van der Waals surface area contributed by atoms with Crippen molar-refractivity contribution in [2.45, 2.75) is 26.8 Å². The molecule has 82 valence electrons. The zero-order valence-electron chi connectivity index (χ0n) is 9.60. The summed E-state index contributed by atoms with van der Waals surface area (Å²) in [5.74, 6) is 0.600. The molecule has 0 aromatic carbocycles. The molecule has 0 radical (unpaired) electrons. The average molecular weight is 206 g/mol. The third-order valence-electron chi connectivity index (χ3n) is 2.15. The smallest absolute Gasteiger partial charge is 0.222 e. The molecule has 0 unspecified atom stereocenters. The molecule has 1 heterocycles. The Morgan fingerprint density at radius 1 is 1.53 bits per heavy atom. The van der Waals surface area contributed by atoms with E-state index in [4.69, 9.17) is 0 Å². The first-order valence-electron chi connectivity index (χ1n) is 5.22. The summed E-state index contributed by atoms with van der Waals surface area (Å²) in [6, 6.07) is 3.86. The van der Waals surface area contributed by atoms with E-state index in [0.717, 1.165) is 5.56 Å². The van der Waals surface area contributed by atoms with Gasteiger partial charge in [-0.25, -0.2) is 0 Å². The first-order chi connectivity index (χ1) is 7.09. The largest absolute Gasteiger partial charge is 0.341 e. The molecule has 0 saturated carbocycles. The highest BCUT2D eigenvalue weighted by molar-refractivity contribution is 5.76. The summed E-state index contributed by atoms with van der Waals surface area (Å²) in [4.78, 5) is 17.4. The van der Waals surface area contributed by atoms with Crippen molar-refractivity contribution in [3.8, 4) is 0 Å². The van der Waals surface area contributed by atoms with E-state index in [1.54, 1.807) is 17.3 Å². The van der Waals surface area contributed by atoms with Crippen molar-refractivity contribution in [2.75, 3.05) is 7.05 Å². The molecule has 0 bridgehead atoms. The summed E-state index contributed by atoms with van der Waals surface area (Å²) in [5.41, 5.74) is 1.07. The van der Waals surface area contributed by atoms with Crippen molar-refractivity contribution in [3.05, 3.63) is 30.1 Å². The first kappa shape index (κ1) is 11.7. The molecule has 0 fully saturated rings. The van der Waals surface area contributed by atoms with Gasteiger partial charge in [0.1, 0.15) is 0 Å². The van der Waals surface area contributed by atoms with Crippen LogP contribution in [0.5, 0.6) is 0 Å². The van der Waals surface area contributed by atoms with Gasteiger partial charge in [0.05, 0.1) is 0 Å². The Hall–Kier alpha value is -1.38. The minimum absolute atomic E-state index is 0.189. The van der Waals surface area contributed by atoms with Gasteiger partial charge in [-0.05, 0) is 17.5 Å². The van der Waals surface area contributed by atoms with E-state index in [2.05, 4.69) is 18.8 Å². The number of aromatic nitrogens is 1. The van der Waals surface area contributed by atoms with Crippen LogP contribution < -0.4 is 0 Å². The number of pyridine rings is 1. The van der Waals surface area contributed by atoms with Crippen molar-refractivity contribution in [1.82, 2.24) is 9.88 Å². The van der Waals surface area contributed by atoms with Gasteiger partial charge in [-0.1, -0.05) is 19.9 Å². The monoisotopic (exact) mass is 206 g/mol. The molecule has 1 aromatic rings. The zero-order valence-corrected chi connectivity index (χ0v) is 9.60. The molecule has 1 rings (SSSR count).